The third kappa shape index (κ3) is 4.56. The minimum atomic E-state index is -0.324. The molecule has 35 heavy (non-hydrogen) atoms. The molecule has 5 rings (SSSR count). The van der Waals surface area contributed by atoms with E-state index in [4.69, 9.17) is 4.74 Å². The second kappa shape index (κ2) is 10.2. The van der Waals surface area contributed by atoms with Gasteiger partial charge in [0.1, 0.15) is 10.3 Å². The second-order valence-corrected chi connectivity index (χ2v) is 10.00. The number of allylic oxidation sites excluding steroid dienone is 4. The molecule has 0 spiro atoms. The molecule has 182 valence electrons. The zero-order valence-electron chi connectivity index (χ0n) is 19.8. The van der Waals surface area contributed by atoms with E-state index >= 15 is 0 Å². The van der Waals surface area contributed by atoms with Gasteiger partial charge in [0.25, 0.3) is 11.5 Å². The molecule has 7 nitrogen and oxygen atoms in total. The maximum absolute atomic E-state index is 13.7. The van der Waals surface area contributed by atoms with Crippen molar-refractivity contribution in [2.45, 2.75) is 44.7 Å². The fourth-order valence-corrected chi connectivity index (χ4v) is 6.16. The molecule has 1 saturated heterocycles. The van der Waals surface area contributed by atoms with Gasteiger partial charge in [0.15, 0.2) is 11.5 Å². The Balaban J connectivity index is 1.54. The molecule has 2 aliphatic rings. The maximum atomic E-state index is 13.7. The summed E-state index contributed by atoms with van der Waals surface area (Å²) in [5, 5.41) is 7.59. The van der Waals surface area contributed by atoms with E-state index in [1.807, 2.05) is 42.5 Å². The number of Topliss-reactive ketones (excluding diaryl/α,β-unsaturated/α-hetero) is 1. The van der Waals surface area contributed by atoms with Crippen molar-refractivity contribution in [2.24, 2.45) is 0 Å². The lowest BCUT2D eigenvalue weighted by Gasteiger charge is -2.13. The first-order valence-electron chi connectivity index (χ1n) is 12.1. The smallest absolute Gasteiger partial charge is 0.265 e. The van der Waals surface area contributed by atoms with Crippen LogP contribution in [-0.2, 0) is 11.3 Å². The number of amides is 1. The third-order valence-electron chi connectivity index (χ3n) is 6.73. The number of carbonyl (C=O) groups excluding carboxylic acids is 2. The molecular weight excluding hydrogens is 462 g/mol. The van der Waals surface area contributed by atoms with Crippen LogP contribution in [0.5, 0.6) is 5.75 Å². The van der Waals surface area contributed by atoms with E-state index in [9.17, 15) is 14.4 Å². The molecule has 0 saturated carbocycles. The van der Waals surface area contributed by atoms with Gasteiger partial charge in [0.2, 0.25) is 0 Å². The molecule has 0 bridgehead atoms. The van der Waals surface area contributed by atoms with Crippen LogP contribution in [0, 0.1) is 0 Å². The lowest BCUT2D eigenvalue weighted by atomic mass is 10.0. The summed E-state index contributed by atoms with van der Waals surface area (Å²) < 4.78 is 7.83. The summed E-state index contributed by atoms with van der Waals surface area (Å²) in [6.45, 7) is 1.51. The van der Waals surface area contributed by atoms with Gasteiger partial charge in [-0.25, -0.2) is 0 Å². The van der Waals surface area contributed by atoms with Gasteiger partial charge in [-0.2, -0.15) is 0 Å². The van der Waals surface area contributed by atoms with Crippen molar-refractivity contribution in [3.05, 3.63) is 63.3 Å². The SMILES string of the molecule is COc1c(C(=O)NCCC2CCCN2)sc2c1c(=O)n(CC(=O)C1=CCCC=C1)c1ccccc21. The fraction of sp³-hybridized carbons (Fsp3) is 0.370. The quantitative estimate of drug-likeness (QED) is 0.498. The van der Waals surface area contributed by atoms with Crippen LogP contribution in [0.25, 0.3) is 21.0 Å². The van der Waals surface area contributed by atoms with Crippen molar-refractivity contribution in [2.75, 3.05) is 20.2 Å². The summed E-state index contributed by atoms with van der Waals surface area (Å²) in [5.74, 6) is -0.0832. The topological polar surface area (TPSA) is 89.4 Å². The normalized spacial score (nSPS) is 17.6. The number of pyridine rings is 1. The van der Waals surface area contributed by atoms with Crippen LogP contribution in [0.3, 0.4) is 0 Å². The molecule has 1 aliphatic carbocycles. The van der Waals surface area contributed by atoms with Crippen LogP contribution in [0.2, 0.25) is 0 Å². The molecule has 2 N–H and O–H groups in total. The standard InChI is InChI=1S/C27H29N3O4S/c1-34-23-22-24(35-25(23)26(32)29-15-13-18-10-7-14-28-18)19-11-5-6-12-20(19)30(27(22)33)16-21(31)17-8-3-2-4-9-17/h3,5-6,8-9,11-12,18,28H,2,4,7,10,13-16H2,1H3,(H,29,32). The Hall–Kier alpha value is -3.23. The van der Waals surface area contributed by atoms with Crippen LogP contribution >= 0.6 is 11.3 Å². The van der Waals surface area contributed by atoms with Crippen molar-refractivity contribution < 1.29 is 14.3 Å². The number of ketones is 1. The highest BCUT2D eigenvalue weighted by Crippen LogP contribution is 2.39. The molecule has 2 aromatic heterocycles. The predicted octanol–water partition coefficient (Wildman–Crippen LogP) is 3.94. The van der Waals surface area contributed by atoms with Gasteiger partial charge in [0, 0.05) is 23.5 Å². The van der Waals surface area contributed by atoms with Crippen LogP contribution < -0.4 is 20.9 Å². The van der Waals surface area contributed by atoms with E-state index in [0.717, 1.165) is 44.0 Å². The highest BCUT2D eigenvalue weighted by Gasteiger charge is 2.26. The number of benzene rings is 1. The number of fused-ring (bicyclic) bond motifs is 3. The zero-order valence-corrected chi connectivity index (χ0v) is 20.6. The van der Waals surface area contributed by atoms with Crippen molar-refractivity contribution in [1.29, 1.82) is 0 Å². The molecule has 1 atom stereocenters. The first-order chi connectivity index (χ1) is 17.1. The number of hydrogen-bond donors (Lipinski definition) is 2. The Morgan fingerprint density at radius 2 is 2.11 bits per heavy atom. The maximum Gasteiger partial charge on any atom is 0.265 e. The molecule has 1 amide bonds. The molecule has 1 aromatic carbocycles. The number of carbonyl (C=O) groups is 2. The Labute approximate surface area is 207 Å². The number of nitrogens with one attached hydrogen (secondary N) is 2. The van der Waals surface area contributed by atoms with Crippen molar-refractivity contribution in [1.82, 2.24) is 15.2 Å². The summed E-state index contributed by atoms with van der Waals surface area (Å²) in [6, 6.07) is 7.94. The molecule has 1 unspecified atom stereocenters. The predicted molar refractivity (Wildman–Crippen MR) is 140 cm³/mol. The van der Waals surface area contributed by atoms with Gasteiger partial charge >= 0.3 is 0 Å². The average Bonchev–Trinajstić information content (AvgIpc) is 3.55. The zero-order chi connectivity index (χ0) is 24.4. The van der Waals surface area contributed by atoms with E-state index < -0.39 is 0 Å². The van der Waals surface area contributed by atoms with Gasteiger partial charge in [-0.3, -0.25) is 19.0 Å². The molecule has 1 fully saturated rings. The first-order valence-corrected chi connectivity index (χ1v) is 12.9. The summed E-state index contributed by atoms with van der Waals surface area (Å²) >= 11 is 1.27. The monoisotopic (exact) mass is 491 g/mol. The molecule has 3 aromatic rings. The minimum absolute atomic E-state index is 0.0691. The Morgan fingerprint density at radius 3 is 2.86 bits per heavy atom. The molecule has 1 aliphatic heterocycles. The van der Waals surface area contributed by atoms with Crippen molar-refractivity contribution in [3.63, 3.8) is 0 Å². The number of methoxy groups -OCH3 is 1. The summed E-state index contributed by atoms with van der Waals surface area (Å²) in [4.78, 5) is 40.2. The Morgan fingerprint density at radius 1 is 1.26 bits per heavy atom. The lowest BCUT2D eigenvalue weighted by molar-refractivity contribution is -0.115. The molecule has 3 heterocycles. The summed E-state index contributed by atoms with van der Waals surface area (Å²) in [7, 11) is 1.47. The number of ether oxygens (including phenoxy) is 1. The number of nitrogens with zero attached hydrogens (tertiary/aromatic N) is 1. The highest BCUT2D eigenvalue weighted by molar-refractivity contribution is 7.22. The first kappa shape index (κ1) is 23.5. The lowest BCUT2D eigenvalue weighted by Crippen LogP contribution is -2.30. The van der Waals surface area contributed by atoms with E-state index in [2.05, 4.69) is 10.6 Å². The molecular formula is C27H29N3O4S. The van der Waals surface area contributed by atoms with Gasteiger partial charge in [-0.1, -0.05) is 36.4 Å². The van der Waals surface area contributed by atoms with Crippen molar-refractivity contribution >= 4 is 44.0 Å². The van der Waals surface area contributed by atoms with Gasteiger partial charge in [0.05, 0.1) is 23.9 Å². The van der Waals surface area contributed by atoms with Crippen LogP contribution in [0.1, 0.15) is 41.8 Å². The van der Waals surface area contributed by atoms with E-state index in [1.165, 1.54) is 23.0 Å². The highest BCUT2D eigenvalue weighted by atomic mass is 32.1. The van der Waals surface area contributed by atoms with Crippen molar-refractivity contribution in [3.8, 4) is 5.75 Å². The van der Waals surface area contributed by atoms with Gasteiger partial charge in [-0.15, -0.1) is 11.3 Å². The molecule has 8 heteroatoms. The number of rotatable bonds is 8. The summed E-state index contributed by atoms with van der Waals surface area (Å²) in [5.41, 5.74) is 0.970. The van der Waals surface area contributed by atoms with Gasteiger partial charge in [-0.05, 0) is 44.7 Å². The average molecular weight is 492 g/mol. The minimum Gasteiger partial charge on any atom is -0.494 e. The third-order valence-corrected chi connectivity index (χ3v) is 7.94. The number of aromatic nitrogens is 1. The van der Waals surface area contributed by atoms with E-state index in [0.29, 0.717) is 38.6 Å². The molecule has 0 radical (unpaired) electrons. The second-order valence-electron chi connectivity index (χ2n) is 8.98. The summed E-state index contributed by atoms with van der Waals surface area (Å²) in [6.07, 6.45) is 10.6. The fourth-order valence-electron chi connectivity index (χ4n) is 4.94. The largest absolute Gasteiger partial charge is 0.494 e. The van der Waals surface area contributed by atoms with E-state index in [-0.39, 0.29) is 29.5 Å². The van der Waals surface area contributed by atoms with Crippen LogP contribution in [0.4, 0.5) is 0 Å². The number of para-hydroxylation sites is 1. The number of hydrogen-bond acceptors (Lipinski definition) is 6. The number of thiophene rings is 1. The van der Waals surface area contributed by atoms with Gasteiger partial charge < -0.3 is 15.4 Å². The van der Waals surface area contributed by atoms with Crippen LogP contribution in [-0.4, -0.2) is 42.5 Å². The Bertz CT molecular complexity index is 1410. The Kier molecular flexibility index (Phi) is 6.83. The van der Waals surface area contributed by atoms with Crippen LogP contribution in [0.15, 0.2) is 52.9 Å². The van der Waals surface area contributed by atoms with E-state index in [1.54, 1.807) is 0 Å².